The first-order chi connectivity index (χ1) is 16.7. The number of aryl methyl sites for hydroxylation is 1. The minimum atomic E-state index is -0.697. The van der Waals surface area contributed by atoms with Crippen LogP contribution in [-0.2, 0) is 21.5 Å². The van der Waals surface area contributed by atoms with Crippen LogP contribution in [0, 0.1) is 0 Å². The van der Waals surface area contributed by atoms with Crippen LogP contribution in [0.4, 0.5) is 0 Å². The largest absolute Gasteiger partial charge is 0.507 e. The topological polar surface area (TPSA) is 84.7 Å². The van der Waals surface area contributed by atoms with Crippen LogP contribution in [0.15, 0.2) is 72.8 Å². The number of benzene rings is 2. The molecular weight excluding hydrogens is 442 g/mol. The second-order valence-corrected chi connectivity index (χ2v) is 9.72. The highest BCUT2D eigenvalue weighted by molar-refractivity contribution is 6.46. The molecule has 1 saturated heterocycles. The second kappa shape index (κ2) is 9.78. The molecule has 0 radical (unpaired) electrons. The summed E-state index contributed by atoms with van der Waals surface area (Å²) in [5.74, 6) is -1.11. The number of aliphatic hydroxyl groups is 1. The maximum absolute atomic E-state index is 13.3. The number of methoxy groups -OCH3 is 1. The Labute approximate surface area is 205 Å². The summed E-state index contributed by atoms with van der Waals surface area (Å²) in [5.41, 5.74) is 2.33. The first-order valence-electron chi connectivity index (χ1n) is 11.7. The number of hydrogen-bond donors (Lipinski definition) is 1. The fourth-order valence-corrected chi connectivity index (χ4v) is 4.45. The van der Waals surface area contributed by atoms with E-state index in [-0.39, 0.29) is 16.7 Å². The van der Waals surface area contributed by atoms with E-state index >= 15 is 0 Å². The number of rotatable bonds is 7. The molecule has 0 aliphatic carbocycles. The fraction of sp³-hybridized carbons (Fsp3) is 0.321. The predicted octanol–water partition coefficient (Wildman–Crippen LogP) is 4.70. The van der Waals surface area contributed by atoms with Gasteiger partial charge in [-0.2, -0.15) is 0 Å². The monoisotopic (exact) mass is 473 g/mol. The maximum atomic E-state index is 13.3. The van der Waals surface area contributed by atoms with Crippen molar-refractivity contribution >= 4 is 17.4 Å². The van der Waals surface area contributed by atoms with Crippen LogP contribution in [0.5, 0.6) is 5.75 Å². The lowest BCUT2D eigenvalue weighted by Crippen LogP contribution is -2.31. The van der Waals surface area contributed by atoms with Crippen molar-refractivity contribution in [1.29, 1.82) is 0 Å². The van der Waals surface area contributed by atoms with E-state index in [2.05, 4.69) is 25.8 Å². The average molecular weight is 474 g/mol. The van der Waals surface area contributed by atoms with E-state index in [1.165, 1.54) is 7.11 Å². The highest BCUT2D eigenvalue weighted by Gasteiger charge is 2.46. The summed E-state index contributed by atoms with van der Waals surface area (Å²) in [6.45, 7) is 7.41. The molecule has 35 heavy (non-hydrogen) atoms. The molecule has 0 bridgehead atoms. The number of likely N-dealkylation sites (tertiary alicyclic amines) is 1. The van der Waals surface area contributed by atoms with Crippen molar-refractivity contribution in [2.75, 3.05) is 13.7 Å². The average Bonchev–Trinajstić information content (AvgIpc) is 3.45. The molecule has 1 aromatic heterocycles. The normalized spacial score (nSPS) is 17.7. The smallest absolute Gasteiger partial charge is 0.295 e. The lowest BCUT2D eigenvalue weighted by atomic mass is 9.85. The van der Waals surface area contributed by atoms with Gasteiger partial charge in [-0.25, -0.2) is 4.98 Å². The van der Waals surface area contributed by atoms with Crippen molar-refractivity contribution in [2.24, 2.45) is 0 Å². The van der Waals surface area contributed by atoms with Gasteiger partial charge in [0.15, 0.2) is 0 Å². The van der Waals surface area contributed by atoms with Gasteiger partial charge in [0.25, 0.3) is 11.7 Å². The highest BCUT2D eigenvalue weighted by atomic mass is 16.5. The zero-order valence-corrected chi connectivity index (χ0v) is 20.6. The van der Waals surface area contributed by atoms with E-state index in [0.717, 1.165) is 11.1 Å². The van der Waals surface area contributed by atoms with Crippen LogP contribution < -0.4 is 4.74 Å². The Kier molecular flexibility index (Phi) is 6.78. The highest BCUT2D eigenvalue weighted by Crippen LogP contribution is 2.41. The molecule has 1 aliphatic heterocycles. The zero-order valence-electron chi connectivity index (χ0n) is 20.6. The lowest BCUT2D eigenvalue weighted by Gasteiger charge is -2.26. The summed E-state index contributed by atoms with van der Waals surface area (Å²) < 4.78 is 7.33. The first-order valence-corrected chi connectivity index (χ1v) is 11.7. The van der Waals surface area contributed by atoms with Gasteiger partial charge in [-0.1, -0.05) is 57.2 Å². The molecule has 1 N–H and O–H groups in total. The van der Waals surface area contributed by atoms with Crippen LogP contribution in [0.2, 0.25) is 0 Å². The Balaban J connectivity index is 1.77. The van der Waals surface area contributed by atoms with Crippen LogP contribution in [0.25, 0.3) is 5.76 Å². The molecule has 1 atom stereocenters. The van der Waals surface area contributed by atoms with Gasteiger partial charge in [0.05, 0.1) is 30.6 Å². The number of nitrogens with zero attached hydrogens (tertiary/aromatic N) is 3. The molecule has 2 aromatic carbocycles. The Morgan fingerprint density at radius 1 is 1.06 bits per heavy atom. The summed E-state index contributed by atoms with van der Waals surface area (Å²) in [5, 5.41) is 11.3. The number of Topliss-reactive ketones (excluding diaryl/α,β-unsaturated/α-hetero) is 1. The third kappa shape index (κ3) is 4.85. The Bertz CT molecular complexity index is 1240. The number of ether oxygens (including phenoxy) is 1. The summed E-state index contributed by atoms with van der Waals surface area (Å²) >= 11 is 0. The molecule has 1 fully saturated rings. The number of hydrogen-bond acceptors (Lipinski definition) is 5. The third-order valence-electron chi connectivity index (χ3n) is 6.37. The molecule has 1 aliphatic rings. The molecule has 0 saturated carbocycles. The number of carbonyl (C=O) groups excluding carboxylic acids is 2. The standard InChI is InChI=1S/C28H31N3O4/c1-28(2,3)20-12-10-19(11-13-20)24-23(25(32)21-8-5-6-9-22(21)35-4)26(33)27(34)31(24)16-7-15-30-17-14-29-18-30/h5-6,8-14,17-18,24,32H,7,15-16H2,1-4H3/b25-23+. The Hall–Kier alpha value is -3.87. The fourth-order valence-electron chi connectivity index (χ4n) is 4.45. The second-order valence-electron chi connectivity index (χ2n) is 9.72. The molecule has 182 valence electrons. The summed E-state index contributed by atoms with van der Waals surface area (Å²) in [6, 6.07) is 14.2. The first kappa shape index (κ1) is 24.3. The van der Waals surface area contributed by atoms with Crippen molar-refractivity contribution in [2.45, 2.75) is 45.2 Å². The Morgan fingerprint density at radius 2 is 1.77 bits per heavy atom. The van der Waals surface area contributed by atoms with Gasteiger partial charge in [-0.15, -0.1) is 0 Å². The molecule has 4 rings (SSSR count). The van der Waals surface area contributed by atoms with E-state index in [4.69, 9.17) is 4.74 Å². The van der Waals surface area contributed by atoms with E-state index in [0.29, 0.717) is 30.8 Å². The van der Waals surface area contributed by atoms with Gasteiger partial charge in [-0.3, -0.25) is 9.59 Å². The van der Waals surface area contributed by atoms with E-state index < -0.39 is 17.7 Å². The number of amides is 1. The molecule has 1 amide bonds. The maximum Gasteiger partial charge on any atom is 0.295 e. The summed E-state index contributed by atoms with van der Waals surface area (Å²) in [6.07, 6.45) is 5.92. The summed E-state index contributed by atoms with van der Waals surface area (Å²) in [4.78, 5) is 32.1. The number of aliphatic hydroxyl groups excluding tert-OH is 1. The van der Waals surface area contributed by atoms with Gasteiger partial charge >= 0.3 is 0 Å². The SMILES string of the molecule is COc1ccccc1/C(O)=C1\C(=O)C(=O)N(CCCn2ccnc2)C1c1ccc(C(C)(C)C)cc1. The van der Waals surface area contributed by atoms with Crippen molar-refractivity contribution in [3.63, 3.8) is 0 Å². The van der Waals surface area contributed by atoms with Crippen LogP contribution in [0.1, 0.15) is 49.9 Å². The number of carbonyl (C=O) groups is 2. The minimum Gasteiger partial charge on any atom is -0.507 e. The van der Waals surface area contributed by atoms with Crippen LogP contribution in [0.3, 0.4) is 0 Å². The van der Waals surface area contributed by atoms with Crippen molar-refractivity contribution in [1.82, 2.24) is 14.5 Å². The quantitative estimate of drug-likeness (QED) is 0.305. The van der Waals surface area contributed by atoms with Crippen molar-refractivity contribution in [3.05, 3.63) is 89.5 Å². The minimum absolute atomic E-state index is 0.0391. The zero-order chi connectivity index (χ0) is 25.2. The Morgan fingerprint density at radius 3 is 2.40 bits per heavy atom. The summed E-state index contributed by atoms with van der Waals surface area (Å²) in [7, 11) is 1.50. The molecule has 2 heterocycles. The van der Waals surface area contributed by atoms with Gasteiger partial charge in [0, 0.05) is 25.5 Å². The third-order valence-corrected chi connectivity index (χ3v) is 6.37. The molecule has 3 aromatic rings. The van der Waals surface area contributed by atoms with Gasteiger partial charge in [-0.05, 0) is 35.1 Å². The predicted molar refractivity (Wildman–Crippen MR) is 134 cm³/mol. The van der Waals surface area contributed by atoms with Crippen LogP contribution in [-0.4, -0.2) is 44.9 Å². The van der Waals surface area contributed by atoms with Crippen LogP contribution >= 0.6 is 0 Å². The van der Waals surface area contributed by atoms with Gasteiger partial charge in [0.2, 0.25) is 0 Å². The van der Waals surface area contributed by atoms with E-state index in [9.17, 15) is 14.7 Å². The van der Waals surface area contributed by atoms with Gasteiger partial charge < -0.3 is 19.3 Å². The van der Waals surface area contributed by atoms with Gasteiger partial charge in [0.1, 0.15) is 11.5 Å². The lowest BCUT2D eigenvalue weighted by molar-refractivity contribution is -0.139. The van der Waals surface area contributed by atoms with E-state index in [1.807, 2.05) is 35.0 Å². The van der Waals surface area contributed by atoms with E-state index in [1.54, 1.807) is 41.7 Å². The molecule has 0 spiro atoms. The molecule has 7 heteroatoms. The number of aromatic nitrogens is 2. The van der Waals surface area contributed by atoms with Crippen molar-refractivity contribution < 1.29 is 19.4 Å². The molecule has 7 nitrogen and oxygen atoms in total. The number of ketones is 1. The number of para-hydroxylation sites is 1. The van der Waals surface area contributed by atoms with Crippen molar-refractivity contribution in [3.8, 4) is 5.75 Å². The molecular formula is C28H31N3O4. The number of imidazole rings is 1. The molecule has 1 unspecified atom stereocenters.